The molecule has 1 aliphatic rings. The van der Waals surface area contributed by atoms with Crippen LogP contribution in [0, 0.1) is 0 Å². The van der Waals surface area contributed by atoms with Crippen molar-refractivity contribution in [3.8, 4) is 28.4 Å². The van der Waals surface area contributed by atoms with Gasteiger partial charge in [0.15, 0.2) is 0 Å². The van der Waals surface area contributed by atoms with Crippen LogP contribution in [0.5, 0.6) is 11.5 Å². The van der Waals surface area contributed by atoms with E-state index in [9.17, 15) is 0 Å². The predicted octanol–water partition coefficient (Wildman–Crippen LogP) is 5.86. The van der Waals surface area contributed by atoms with Crippen molar-refractivity contribution in [2.75, 3.05) is 0 Å². The van der Waals surface area contributed by atoms with Crippen LogP contribution >= 0.6 is 0 Å². The molecule has 1 atom stereocenters. The minimum absolute atomic E-state index is 0.801. The van der Waals surface area contributed by atoms with E-state index in [1.165, 1.54) is 35.1 Å². The van der Waals surface area contributed by atoms with Crippen LogP contribution in [0.1, 0.15) is 0 Å². The van der Waals surface area contributed by atoms with Gasteiger partial charge in [0.2, 0.25) is 0 Å². The number of nitrogens with zero attached hydrogens (tertiary/aromatic N) is 3. The summed E-state index contributed by atoms with van der Waals surface area (Å²) in [5, 5.41) is 2.38. The summed E-state index contributed by atoms with van der Waals surface area (Å²) in [6, 6.07) is 42.4. The molecule has 8 rings (SSSR count). The Kier molecular flexibility index (Phi) is 5.14. The van der Waals surface area contributed by atoms with E-state index in [4.69, 9.17) is 9.72 Å². The van der Waals surface area contributed by atoms with Gasteiger partial charge in [0, 0.05) is 0 Å². The summed E-state index contributed by atoms with van der Waals surface area (Å²) >= 11 is -1.77. The average molecular weight is 563 g/mol. The molecule has 0 bridgehead atoms. The van der Waals surface area contributed by atoms with Crippen LogP contribution in [-0.2, 0) is 0 Å². The molecule has 1 aliphatic heterocycles. The molecule has 0 aliphatic carbocycles. The molecule has 39 heavy (non-hydrogen) atoms. The van der Waals surface area contributed by atoms with Crippen LogP contribution in [-0.4, -0.2) is 29.2 Å². The van der Waals surface area contributed by atoms with Crippen molar-refractivity contribution in [2.45, 2.75) is 0 Å². The molecule has 0 spiro atoms. The van der Waals surface area contributed by atoms with Gasteiger partial charge in [-0.1, -0.05) is 0 Å². The molecule has 4 heterocycles. The Hall–Kier alpha value is -4.66. The van der Waals surface area contributed by atoms with Crippen LogP contribution in [0.25, 0.3) is 38.8 Å². The van der Waals surface area contributed by atoms with Gasteiger partial charge in [-0.2, -0.15) is 0 Å². The minimum atomic E-state index is -1.77. The van der Waals surface area contributed by atoms with E-state index in [-0.39, 0.29) is 0 Å². The van der Waals surface area contributed by atoms with Gasteiger partial charge >= 0.3 is 231 Å². The van der Waals surface area contributed by atoms with Crippen LogP contribution in [0.4, 0.5) is 0 Å². The van der Waals surface area contributed by atoms with Crippen molar-refractivity contribution in [2.24, 2.45) is 0 Å². The molecule has 0 saturated carbocycles. The first-order chi connectivity index (χ1) is 19.3. The van der Waals surface area contributed by atoms with Crippen molar-refractivity contribution in [3.05, 3.63) is 134 Å². The normalized spacial score (nSPS) is 13.9. The van der Waals surface area contributed by atoms with E-state index < -0.39 is 14.7 Å². The summed E-state index contributed by atoms with van der Waals surface area (Å²) in [6.07, 6.45) is 3.74. The maximum atomic E-state index is 6.55. The topological polar surface area (TPSA) is 39.9 Å². The van der Waals surface area contributed by atoms with Gasteiger partial charge in [0.25, 0.3) is 0 Å². The third-order valence-corrected chi connectivity index (χ3v) is 12.4. The van der Waals surface area contributed by atoms with Gasteiger partial charge in [-0.15, -0.1) is 0 Å². The van der Waals surface area contributed by atoms with E-state index >= 15 is 0 Å². The number of benzene rings is 4. The van der Waals surface area contributed by atoms with Crippen molar-refractivity contribution >= 4 is 49.6 Å². The summed E-state index contributed by atoms with van der Waals surface area (Å²) in [5.74, 6) is 2.53. The second kappa shape index (κ2) is 8.97. The Balaban J connectivity index is 1.24. The molecular formula is C34H22AsN3O. The zero-order valence-electron chi connectivity index (χ0n) is 20.9. The predicted molar refractivity (Wildman–Crippen MR) is 159 cm³/mol. The number of ether oxygens (including phenoxy) is 1. The first-order valence-electron chi connectivity index (χ1n) is 12.9. The van der Waals surface area contributed by atoms with Crippen LogP contribution in [0.2, 0.25) is 0 Å². The van der Waals surface area contributed by atoms with Crippen molar-refractivity contribution in [1.29, 1.82) is 0 Å². The van der Waals surface area contributed by atoms with Gasteiger partial charge in [-0.25, -0.2) is 0 Å². The fourth-order valence-electron chi connectivity index (χ4n) is 5.63. The summed E-state index contributed by atoms with van der Waals surface area (Å²) in [6.45, 7) is 0. The monoisotopic (exact) mass is 563 g/mol. The van der Waals surface area contributed by atoms with Crippen LogP contribution in [0.3, 0.4) is 0 Å². The standard InChI is InChI=1S/C34H22AsN3O/c1-3-11-29-25(9-1)26-17-15-23(21-30(26)35(29)33-13-5-7-19-36-33)39-24-16-18-28-27-10-2-4-12-31(27)38(32(28)22-24)34-14-6-8-20-37-34/h1-22H. The van der Waals surface area contributed by atoms with Gasteiger partial charge < -0.3 is 0 Å². The molecule has 5 heteroatoms. The molecule has 0 radical (unpaired) electrons. The number of hydrogen-bond donors (Lipinski definition) is 0. The molecule has 4 aromatic carbocycles. The second-order valence-corrected chi connectivity index (χ2v) is 13.9. The van der Waals surface area contributed by atoms with Crippen molar-refractivity contribution in [1.82, 2.24) is 14.5 Å². The zero-order chi connectivity index (χ0) is 25.8. The first-order valence-corrected chi connectivity index (χ1v) is 15.7. The summed E-state index contributed by atoms with van der Waals surface area (Å²) in [5.41, 5.74) is 4.82. The molecule has 184 valence electrons. The quantitative estimate of drug-likeness (QED) is 0.252. The average Bonchev–Trinajstić information content (AvgIpc) is 3.50. The fraction of sp³-hybridized carbons (Fsp3) is 0. The van der Waals surface area contributed by atoms with Crippen molar-refractivity contribution < 1.29 is 4.74 Å². The van der Waals surface area contributed by atoms with E-state index in [0.717, 1.165) is 28.4 Å². The number of aromatic nitrogens is 3. The Morgan fingerprint density at radius 3 is 2.13 bits per heavy atom. The van der Waals surface area contributed by atoms with E-state index in [1.807, 2.05) is 36.7 Å². The van der Waals surface area contributed by atoms with E-state index in [2.05, 4.69) is 107 Å². The molecule has 1 unspecified atom stereocenters. The summed E-state index contributed by atoms with van der Waals surface area (Å²) < 4.78 is 12.7. The summed E-state index contributed by atoms with van der Waals surface area (Å²) in [4.78, 5) is 9.43. The van der Waals surface area contributed by atoms with Gasteiger partial charge in [-0.3, -0.25) is 0 Å². The molecule has 7 aromatic rings. The molecule has 0 amide bonds. The molecular weight excluding hydrogens is 541 g/mol. The number of para-hydroxylation sites is 1. The number of hydrogen-bond acceptors (Lipinski definition) is 3. The molecule has 0 fully saturated rings. The Morgan fingerprint density at radius 1 is 0.538 bits per heavy atom. The number of pyridine rings is 2. The maximum absolute atomic E-state index is 6.55. The Morgan fingerprint density at radius 2 is 1.26 bits per heavy atom. The molecule has 0 saturated heterocycles. The fourth-order valence-corrected chi connectivity index (χ4v) is 10.9. The molecule has 0 N–H and O–H groups in total. The SMILES string of the molecule is c1ccc(-n2c3ccccc3c3ccc(Oc4ccc5c(c4)[As](c4ccccn4)c4ccccc4-5)cc32)nc1. The molecule has 3 aromatic heterocycles. The number of fused-ring (bicyclic) bond motifs is 6. The first kappa shape index (κ1) is 22.3. The zero-order valence-corrected chi connectivity index (χ0v) is 22.8. The second-order valence-electron chi connectivity index (χ2n) is 9.54. The van der Waals surface area contributed by atoms with Crippen molar-refractivity contribution in [3.63, 3.8) is 0 Å². The Labute approximate surface area is 230 Å². The number of rotatable bonds is 4. The summed E-state index contributed by atoms with van der Waals surface area (Å²) in [7, 11) is 0. The van der Waals surface area contributed by atoms with Crippen LogP contribution in [0.15, 0.2) is 134 Å². The van der Waals surface area contributed by atoms with E-state index in [1.54, 1.807) is 0 Å². The molecule has 4 nitrogen and oxygen atoms in total. The van der Waals surface area contributed by atoms with Gasteiger partial charge in [0.1, 0.15) is 0 Å². The van der Waals surface area contributed by atoms with Gasteiger partial charge in [0.05, 0.1) is 0 Å². The Bertz CT molecular complexity index is 2000. The third-order valence-electron chi connectivity index (χ3n) is 7.28. The van der Waals surface area contributed by atoms with Gasteiger partial charge in [-0.05, 0) is 0 Å². The van der Waals surface area contributed by atoms with Crippen LogP contribution < -0.4 is 17.9 Å². The third kappa shape index (κ3) is 3.60. The van der Waals surface area contributed by atoms with E-state index in [0.29, 0.717) is 0 Å².